The summed E-state index contributed by atoms with van der Waals surface area (Å²) >= 11 is 2.24. The molecule has 0 amide bonds. The number of piperidine rings is 1. The number of rotatable bonds is 3. The Morgan fingerprint density at radius 2 is 1.92 bits per heavy atom. The van der Waals surface area contributed by atoms with Crippen LogP contribution in [0.5, 0.6) is 0 Å². The Morgan fingerprint density at radius 1 is 1.17 bits per heavy atom. The van der Waals surface area contributed by atoms with Crippen LogP contribution in [0.3, 0.4) is 0 Å². The first-order valence-electron chi connectivity index (χ1n) is 10.1. The van der Waals surface area contributed by atoms with Crippen LogP contribution in [0, 0.1) is 5.92 Å². The van der Waals surface area contributed by atoms with Crippen molar-refractivity contribution in [3.63, 3.8) is 0 Å². The molecule has 2 aliphatic heterocycles. The van der Waals surface area contributed by atoms with Gasteiger partial charge in [-0.2, -0.15) is 11.8 Å². The maximum absolute atomic E-state index is 5.07. The van der Waals surface area contributed by atoms with E-state index in [1.54, 1.807) is 0 Å². The number of guanidine groups is 1. The summed E-state index contributed by atoms with van der Waals surface area (Å²) in [5.41, 5.74) is 0. The highest BCUT2D eigenvalue weighted by Gasteiger charge is 2.38. The third-order valence-corrected chi connectivity index (χ3v) is 7.52. The molecule has 0 radical (unpaired) electrons. The number of likely N-dealkylation sites (tertiary alicyclic amines) is 1. The van der Waals surface area contributed by atoms with Crippen LogP contribution >= 0.6 is 11.8 Å². The molecule has 1 N–H and O–H groups in total. The molecule has 2 heterocycles. The predicted octanol–water partition coefficient (Wildman–Crippen LogP) is 3.05. The van der Waals surface area contributed by atoms with Gasteiger partial charge in [0.1, 0.15) is 0 Å². The number of nitrogens with zero attached hydrogens (tertiary/aromatic N) is 3. The molecule has 0 aromatic rings. The zero-order valence-corrected chi connectivity index (χ0v) is 16.5. The Balaban J connectivity index is 1.60. The molecule has 1 aliphatic carbocycles. The minimum absolute atomic E-state index is 0.514. The van der Waals surface area contributed by atoms with Crippen molar-refractivity contribution in [2.24, 2.45) is 10.9 Å². The van der Waals surface area contributed by atoms with E-state index in [0.29, 0.717) is 4.75 Å². The Morgan fingerprint density at radius 3 is 2.62 bits per heavy atom. The lowest BCUT2D eigenvalue weighted by Gasteiger charge is -2.45. The van der Waals surface area contributed by atoms with Gasteiger partial charge in [0.05, 0.1) is 0 Å². The fourth-order valence-electron chi connectivity index (χ4n) is 4.41. The summed E-state index contributed by atoms with van der Waals surface area (Å²) in [7, 11) is 2.23. The van der Waals surface area contributed by atoms with Crippen molar-refractivity contribution in [1.29, 1.82) is 0 Å². The quantitative estimate of drug-likeness (QED) is 0.625. The number of hydrogen-bond donors (Lipinski definition) is 1. The lowest BCUT2D eigenvalue weighted by atomic mass is 9.87. The van der Waals surface area contributed by atoms with Crippen molar-refractivity contribution in [3.05, 3.63) is 0 Å². The average Bonchev–Trinajstić information content (AvgIpc) is 2.61. The van der Waals surface area contributed by atoms with Crippen LogP contribution in [0.4, 0.5) is 0 Å². The molecule has 0 aromatic heterocycles. The van der Waals surface area contributed by atoms with Gasteiger partial charge in [-0.1, -0.05) is 19.3 Å². The van der Waals surface area contributed by atoms with E-state index in [9.17, 15) is 0 Å². The van der Waals surface area contributed by atoms with Gasteiger partial charge in [0.2, 0.25) is 0 Å². The van der Waals surface area contributed by atoms with Crippen LogP contribution in [0.25, 0.3) is 0 Å². The summed E-state index contributed by atoms with van der Waals surface area (Å²) < 4.78 is 0.514. The third-order valence-electron chi connectivity index (χ3n) is 5.99. The van der Waals surface area contributed by atoms with Crippen LogP contribution in [0.2, 0.25) is 0 Å². The minimum atomic E-state index is 0.514. The van der Waals surface area contributed by atoms with E-state index < -0.39 is 0 Å². The van der Waals surface area contributed by atoms with Gasteiger partial charge < -0.3 is 15.1 Å². The van der Waals surface area contributed by atoms with E-state index in [2.05, 4.69) is 40.8 Å². The van der Waals surface area contributed by atoms with Crippen molar-refractivity contribution in [2.45, 2.75) is 56.6 Å². The van der Waals surface area contributed by atoms with Crippen molar-refractivity contribution >= 4 is 17.7 Å². The highest BCUT2D eigenvalue weighted by molar-refractivity contribution is 8.00. The van der Waals surface area contributed by atoms with E-state index in [0.717, 1.165) is 25.6 Å². The molecule has 138 valence electrons. The molecule has 5 heteroatoms. The van der Waals surface area contributed by atoms with Gasteiger partial charge in [0, 0.05) is 36.7 Å². The van der Waals surface area contributed by atoms with Gasteiger partial charge in [-0.05, 0) is 58.7 Å². The Bertz CT molecular complexity index is 406. The molecule has 0 bridgehead atoms. The van der Waals surface area contributed by atoms with Crippen LogP contribution in [-0.4, -0.2) is 72.6 Å². The van der Waals surface area contributed by atoms with Crippen LogP contribution in [0.15, 0.2) is 4.99 Å². The largest absolute Gasteiger partial charge is 0.357 e. The number of hydrogen-bond acceptors (Lipinski definition) is 3. The first-order chi connectivity index (χ1) is 11.7. The van der Waals surface area contributed by atoms with Crippen LogP contribution < -0.4 is 5.32 Å². The van der Waals surface area contributed by atoms with E-state index >= 15 is 0 Å². The first kappa shape index (κ1) is 18.4. The van der Waals surface area contributed by atoms with Gasteiger partial charge in [0.15, 0.2) is 5.96 Å². The second kappa shape index (κ2) is 8.79. The zero-order valence-electron chi connectivity index (χ0n) is 15.7. The Labute approximate surface area is 152 Å². The van der Waals surface area contributed by atoms with Gasteiger partial charge in [-0.25, -0.2) is 0 Å². The van der Waals surface area contributed by atoms with Gasteiger partial charge >= 0.3 is 0 Å². The molecule has 0 unspecified atom stereocenters. The number of thioether (sulfide) groups is 1. The normalized spacial score (nSPS) is 26.8. The van der Waals surface area contributed by atoms with E-state index in [1.807, 2.05) is 0 Å². The summed E-state index contributed by atoms with van der Waals surface area (Å²) in [4.78, 5) is 10.1. The van der Waals surface area contributed by atoms with Gasteiger partial charge in [-0.15, -0.1) is 0 Å². The molecule has 24 heavy (non-hydrogen) atoms. The first-order valence-corrected chi connectivity index (χ1v) is 11.1. The number of aliphatic imine (C=N–C) groups is 1. The third kappa shape index (κ3) is 4.81. The van der Waals surface area contributed by atoms with Gasteiger partial charge in [0.25, 0.3) is 0 Å². The highest BCUT2D eigenvalue weighted by atomic mass is 32.2. The predicted molar refractivity (Wildman–Crippen MR) is 106 cm³/mol. The molecule has 0 aromatic carbocycles. The van der Waals surface area contributed by atoms with E-state index in [1.165, 1.54) is 76.3 Å². The molecule has 2 saturated heterocycles. The van der Waals surface area contributed by atoms with Crippen LogP contribution in [-0.2, 0) is 0 Å². The second-order valence-electron chi connectivity index (χ2n) is 7.95. The van der Waals surface area contributed by atoms with Crippen molar-refractivity contribution in [2.75, 3.05) is 52.1 Å². The maximum Gasteiger partial charge on any atom is 0.193 e. The number of nitrogens with one attached hydrogen (secondary N) is 1. The highest BCUT2D eigenvalue weighted by Crippen LogP contribution is 2.42. The second-order valence-corrected chi connectivity index (χ2v) is 9.52. The fourth-order valence-corrected chi connectivity index (χ4v) is 5.98. The van der Waals surface area contributed by atoms with E-state index in [4.69, 9.17) is 4.99 Å². The molecule has 3 fully saturated rings. The van der Waals surface area contributed by atoms with E-state index in [-0.39, 0.29) is 0 Å². The molecule has 4 nitrogen and oxygen atoms in total. The monoisotopic (exact) mass is 352 g/mol. The fraction of sp³-hybridized carbons (Fsp3) is 0.947. The Hall–Kier alpha value is -0.420. The zero-order chi connectivity index (χ0) is 16.8. The summed E-state index contributed by atoms with van der Waals surface area (Å²) in [6.07, 6.45) is 9.70. The Kier molecular flexibility index (Phi) is 6.73. The molecule has 1 saturated carbocycles. The summed E-state index contributed by atoms with van der Waals surface area (Å²) in [5, 5.41) is 3.58. The molecule has 3 aliphatic rings. The minimum Gasteiger partial charge on any atom is -0.357 e. The van der Waals surface area contributed by atoms with Gasteiger partial charge in [-0.3, -0.25) is 4.99 Å². The van der Waals surface area contributed by atoms with Crippen molar-refractivity contribution in [1.82, 2.24) is 15.1 Å². The topological polar surface area (TPSA) is 30.9 Å². The molecular weight excluding hydrogens is 316 g/mol. The molecule has 1 spiro atoms. The summed E-state index contributed by atoms with van der Waals surface area (Å²) in [6, 6.07) is 0. The molecule has 0 atom stereocenters. The molecular formula is C19H36N4S. The summed E-state index contributed by atoms with van der Waals surface area (Å²) in [6.45, 7) is 9.01. The van der Waals surface area contributed by atoms with Crippen molar-refractivity contribution < 1.29 is 0 Å². The SMILES string of the molecule is CCNC(=NCC1CCN(C)CC1)N1CCSC2(CCCCC2)C1. The average molecular weight is 353 g/mol. The molecule has 3 rings (SSSR count). The smallest absolute Gasteiger partial charge is 0.193 e. The lowest BCUT2D eigenvalue weighted by Crippen LogP contribution is -2.53. The standard InChI is InChI=1S/C19H36N4S/c1-3-20-18(21-15-17-7-11-22(2)12-8-17)23-13-14-24-19(16-23)9-5-4-6-10-19/h17H,3-16H2,1-2H3,(H,20,21). The lowest BCUT2D eigenvalue weighted by molar-refractivity contribution is 0.223. The van der Waals surface area contributed by atoms with Crippen LogP contribution in [0.1, 0.15) is 51.9 Å². The summed E-state index contributed by atoms with van der Waals surface area (Å²) in [5.74, 6) is 3.22. The van der Waals surface area contributed by atoms with Crippen molar-refractivity contribution in [3.8, 4) is 0 Å². The maximum atomic E-state index is 5.07.